The topological polar surface area (TPSA) is 52.0 Å². The molecule has 0 spiro atoms. The van der Waals surface area contributed by atoms with Crippen LogP contribution in [0.4, 0.5) is 15.9 Å². The Morgan fingerprint density at radius 3 is 2.50 bits per heavy atom. The molecule has 0 saturated heterocycles. The lowest BCUT2D eigenvalue weighted by molar-refractivity contribution is 0.415. The van der Waals surface area contributed by atoms with Crippen molar-refractivity contribution in [2.24, 2.45) is 0 Å². The molecule has 142 valence electrons. The molecule has 4 rings (SSSR count). The summed E-state index contributed by atoms with van der Waals surface area (Å²) in [4.78, 5) is 8.91. The SMILES string of the molecule is COc1ccc(Nc2ncnc3c2c(C)c(C)n3-c2ccc(F)cc2)cc1Cl. The summed E-state index contributed by atoms with van der Waals surface area (Å²) in [6.07, 6.45) is 1.51. The van der Waals surface area contributed by atoms with Gasteiger partial charge in [-0.05, 0) is 61.9 Å². The van der Waals surface area contributed by atoms with E-state index in [0.717, 1.165) is 33.7 Å². The Balaban J connectivity index is 1.84. The molecular formula is C21H18ClFN4O. The van der Waals surface area contributed by atoms with Crippen molar-refractivity contribution >= 4 is 34.1 Å². The Kier molecular flexibility index (Phi) is 4.65. The molecule has 0 amide bonds. The fourth-order valence-electron chi connectivity index (χ4n) is 3.28. The van der Waals surface area contributed by atoms with Crippen LogP contribution in [0.15, 0.2) is 48.8 Å². The fraction of sp³-hybridized carbons (Fsp3) is 0.143. The number of nitrogens with one attached hydrogen (secondary N) is 1. The lowest BCUT2D eigenvalue weighted by Gasteiger charge is -2.10. The van der Waals surface area contributed by atoms with E-state index < -0.39 is 0 Å². The van der Waals surface area contributed by atoms with Gasteiger partial charge in [-0.2, -0.15) is 0 Å². The Morgan fingerprint density at radius 1 is 1.07 bits per heavy atom. The molecule has 0 aliphatic carbocycles. The van der Waals surface area contributed by atoms with Gasteiger partial charge in [-0.3, -0.25) is 4.57 Å². The van der Waals surface area contributed by atoms with Gasteiger partial charge in [-0.1, -0.05) is 11.6 Å². The normalized spacial score (nSPS) is 11.0. The van der Waals surface area contributed by atoms with E-state index in [9.17, 15) is 4.39 Å². The maximum absolute atomic E-state index is 13.4. The smallest absolute Gasteiger partial charge is 0.150 e. The third-order valence-electron chi connectivity index (χ3n) is 4.79. The van der Waals surface area contributed by atoms with E-state index in [4.69, 9.17) is 16.3 Å². The summed E-state index contributed by atoms with van der Waals surface area (Å²) in [5.74, 6) is 1.00. The van der Waals surface area contributed by atoms with Crippen LogP contribution in [0.3, 0.4) is 0 Å². The lowest BCUT2D eigenvalue weighted by Crippen LogP contribution is -2.00. The van der Waals surface area contributed by atoms with Crippen molar-refractivity contribution < 1.29 is 9.13 Å². The van der Waals surface area contributed by atoms with Gasteiger partial charge in [-0.15, -0.1) is 0 Å². The molecule has 0 atom stereocenters. The zero-order valence-corrected chi connectivity index (χ0v) is 16.4. The summed E-state index contributed by atoms with van der Waals surface area (Å²) in [6, 6.07) is 11.8. The molecule has 0 unspecified atom stereocenters. The van der Waals surface area contributed by atoms with Crippen LogP contribution in [0.2, 0.25) is 5.02 Å². The molecule has 5 nitrogen and oxygen atoms in total. The molecular weight excluding hydrogens is 379 g/mol. The molecule has 28 heavy (non-hydrogen) atoms. The highest BCUT2D eigenvalue weighted by molar-refractivity contribution is 6.32. The van der Waals surface area contributed by atoms with Gasteiger partial charge in [0.1, 0.15) is 23.7 Å². The van der Waals surface area contributed by atoms with Crippen molar-refractivity contribution in [1.82, 2.24) is 14.5 Å². The highest BCUT2D eigenvalue weighted by Gasteiger charge is 2.18. The Labute approximate surface area is 166 Å². The number of aromatic nitrogens is 3. The fourth-order valence-corrected chi connectivity index (χ4v) is 3.54. The Bertz CT molecular complexity index is 1170. The van der Waals surface area contributed by atoms with Crippen LogP contribution in [0, 0.1) is 19.7 Å². The largest absolute Gasteiger partial charge is 0.495 e. The maximum Gasteiger partial charge on any atom is 0.150 e. The summed E-state index contributed by atoms with van der Waals surface area (Å²) < 4.78 is 20.5. The highest BCUT2D eigenvalue weighted by Crippen LogP contribution is 2.34. The number of halogens is 2. The molecule has 0 aliphatic rings. The van der Waals surface area contributed by atoms with Gasteiger partial charge < -0.3 is 10.1 Å². The number of benzene rings is 2. The van der Waals surface area contributed by atoms with E-state index in [2.05, 4.69) is 15.3 Å². The number of hydrogen-bond acceptors (Lipinski definition) is 4. The Morgan fingerprint density at radius 2 is 1.82 bits per heavy atom. The Hall–Kier alpha value is -3.12. The number of ether oxygens (including phenoxy) is 1. The van der Waals surface area contributed by atoms with Crippen molar-refractivity contribution in [1.29, 1.82) is 0 Å². The number of aryl methyl sites for hydroxylation is 1. The van der Waals surface area contributed by atoms with E-state index in [-0.39, 0.29) is 5.82 Å². The molecule has 0 bridgehead atoms. The first-order chi connectivity index (χ1) is 13.5. The maximum atomic E-state index is 13.4. The summed E-state index contributed by atoms with van der Waals surface area (Å²) >= 11 is 6.23. The van der Waals surface area contributed by atoms with Crippen LogP contribution in [0.25, 0.3) is 16.7 Å². The second-order valence-corrected chi connectivity index (χ2v) is 6.82. The predicted octanol–water partition coefficient (Wildman–Crippen LogP) is 5.58. The molecule has 0 fully saturated rings. The zero-order valence-electron chi connectivity index (χ0n) is 15.6. The molecule has 0 saturated carbocycles. The van der Waals surface area contributed by atoms with Gasteiger partial charge in [0.25, 0.3) is 0 Å². The van der Waals surface area contributed by atoms with E-state index in [1.165, 1.54) is 18.5 Å². The molecule has 1 N–H and O–H groups in total. The van der Waals surface area contributed by atoms with E-state index in [0.29, 0.717) is 16.6 Å². The van der Waals surface area contributed by atoms with E-state index in [1.807, 2.05) is 24.5 Å². The first kappa shape index (κ1) is 18.3. The van der Waals surface area contributed by atoms with Crippen LogP contribution in [0.1, 0.15) is 11.3 Å². The van der Waals surface area contributed by atoms with E-state index in [1.54, 1.807) is 31.4 Å². The minimum absolute atomic E-state index is 0.275. The van der Waals surface area contributed by atoms with Crippen LogP contribution in [-0.2, 0) is 0 Å². The van der Waals surface area contributed by atoms with Gasteiger partial charge >= 0.3 is 0 Å². The quantitative estimate of drug-likeness (QED) is 0.489. The van der Waals surface area contributed by atoms with E-state index >= 15 is 0 Å². The molecule has 0 radical (unpaired) electrons. The zero-order chi connectivity index (χ0) is 19.8. The molecule has 2 aromatic heterocycles. The number of anilines is 2. The van der Waals surface area contributed by atoms with Crippen molar-refractivity contribution in [2.75, 3.05) is 12.4 Å². The van der Waals surface area contributed by atoms with Crippen molar-refractivity contribution in [3.63, 3.8) is 0 Å². The second kappa shape index (κ2) is 7.13. The van der Waals surface area contributed by atoms with Crippen LogP contribution < -0.4 is 10.1 Å². The van der Waals surface area contributed by atoms with Crippen molar-refractivity contribution in [3.05, 3.63) is 70.9 Å². The summed E-state index contributed by atoms with van der Waals surface area (Å²) in [5, 5.41) is 4.72. The minimum atomic E-state index is -0.275. The minimum Gasteiger partial charge on any atom is -0.495 e. The van der Waals surface area contributed by atoms with Crippen LogP contribution >= 0.6 is 11.6 Å². The molecule has 2 heterocycles. The first-order valence-electron chi connectivity index (χ1n) is 8.68. The lowest BCUT2D eigenvalue weighted by atomic mass is 10.2. The molecule has 2 aromatic carbocycles. The third-order valence-corrected chi connectivity index (χ3v) is 5.09. The monoisotopic (exact) mass is 396 g/mol. The van der Waals surface area contributed by atoms with Crippen LogP contribution in [0.5, 0.6) is 5.75 Å². The standard InChI is InChI=1S/C21H18ClFN4O/c1-12-13(2)27(16-7-4-14(23)5-8-16)21-19(12)20(24-11-25-21)26-15-6-9-18(28-3)17(22)10-15/h4-11H,1-3H3,(H,24,25,26). The highest BCUT2D eigenvalue weighted by atomic mass is 35.5. The van der Waals surface area contributed by atoms with Gasteiger partial charge in [0, 0.05) is 17.1 Å². The number of fused-ring (bicyclic) bond motifs is 1. The molecule has 0 aliphatic heterocycles. The first-order valence-corrected chi connectivity index (χ1v) is 9.06. The molecule has 4 aromatic rings. The average molecular weight is 397 g/mol. The summed E-state index contributed by atoms with van der Waals surface area (Å²) in [5.41, 5.74) is 4.44. The van der Waals surface area contributed by atoms with Gasteiger partial charge in [0.15, 0.2) is 5.65 Å². The number of rotatable bonds is 4. The summed E-state index contributed by atoms with van der Waals surface area (Å²) in [7, 11) is 1.58. The predicted molar refractivity (Wildman–Crippen MR) is 110 cm³/mol. The molecule has 7 heteroatoms. The average Bonchev–Trinajstić information content (AvgIpc) is 2.94. The number of methoxy groups -OCH3 is 1. The van der Waals surface area contributed by atoms with Crippen molar-refractivity contribution in [3.8, 4) is 11.4 Å². The third kappa shape index (κ3) is 3.05. The van der Waals surface area contributed by atoms with Crippen LogP contribution in [-0.4, -0.2) is 21.6 Å². The van der Waals surface area contributed by atoms with Gasteiger partial charge in [-0.25, -0.2) is 14.4 Å². The van der Waals surface area contributed by atoms with Crippen molar-refractivity contribution in [2.45, 2.75) is 13.8 Å². The second-order valence-electron chi connectivity index (χ2n) is 6.42. The summed E-state index contributed by atoms with van der Waals surface area (Å²) in [6.45, 7) is 4.03. The van der Waals surface area contributed by atoms with Gasteiger partial charge in [0.2, 0.25) is 0 Å². The number of hydrogen-bond donors (Lipinski definition) is 1. The number of nitrogens with zero attached hydrogens (tertiary/aromatic N) is 3. The van der Waals surface area contributed by atoms with Gasteiger partial charge in [0.05, 0.1) is 17.5 Å².